The van der Waals surface area contributed by atoms with E-state index in [0.717, 1.165) is 12.1 Å². The number of halogens is 3. The minimum absolute atomic E-state index is 0.184. The number of anilines is 2. The number of benzene rings is 2. The second-order valence-electron chi connectivity index (χ2n) is 10.1. The molecule has 41 heavy (non-hydrogen) atoms. The predicted molar refractivity (Wildman–Crippen MR) is 149 cm³/mol. The van der Waals surface area contributed by atoms with Crippen LogP contribution in [0.5, 0.6) is 0 Å². The molecule has 9 nitrogen and oxygen atoms in total. The summed E-state index contributed by atoms with van der Waals surface area (Å²) in [6, 6.07) is 8.25. The van der Waals surface area contributed by atoms with Crippen LogP contribution in [-0.4, -0.2) is 44.7 Å². The fraction of sp³-hybridized carbons (Fsp3) is 0.276. The smallest absolute Gasteiger partial charge is 0.409 e. The first kappa shape index (κ1) is 28.2. The number of carbonyl (C=O) groups excluding carboxylic acids is 2. The van der Waals surface area contributed by atoms with Gasteiger partial charge in [-0.05, 0) is 55.2 Å². The molecule has 0 radical (unpaired) electrons. The molecule has 2 aliphatic rings. The Bertz CT molecular complexity index is 1580. The minimum atomic E-state index is -1.24. The van der Waals surface area contributed by atoms with E-state index >= 15 is 0 Å². The summed E-state index contributed by atoms with van der Waals surface area (Å²) in [6.45, 7) is 1.98. The summed E-state index contributed by atoms with van der Waals surface area (Å²) in [7, 11) is 0. The maximum atomic E-state index is 14.7. The molecule has 12 heteroatoms. The molecule has 3 heterocycles. The Hall–Kier alpha value is -4.38. The molecule has 2 aromatic carbocycles. The number of nitrogens with one attached hydrogen (secondary N) is 2. The lowest BCUT2D eigenvalue weighted by atomic mass is 9.93. The van der Waals surface area contributed by atoms with Gasteiger partial charge in [-0.1, -0.05) is 31.0 Å². The number of amides is 3. The molecular formula is C29H26ClF2N5O4. The van der Waals surface area contributed by atoms with Crippen molar-refractivity contribution in [3.63, 3.8) is 0 Å². The highest BCUT2D eigenvalue weighted by Crippen LogP contribution is 2.37. The van der Waals surface area contributed by atoms with Crippen LogP contribution < -0.4 is 10.6 Å². The van der Waals surface area contributed by atoms with Gasteiger partial charge >= 0.3 is 6.09 Å². The van der Waals surface area contributed by atoms with Gasteiger partial charge in [0.25, 0.3) is 0 Å². The molecule has 0 fully saturated rings. The van der Waals surface area contributed by atoms with Crippen LogP contribution in [-0.2, 0) is 9.59 Å². The molecule has 3 aromatic rings. The highest BCUT2D eigenvalue weighted by atomic mass is 35.5. The van der Waals surface area contributed by atoms with Gasteiger partial charge in [-0.2, -0.15) is 10.2 Å². The number of hydrogen-bond acceptors (Lipinski definition) is 5. The van der Waals surface area contributed by atoms with Gasteiger partial charge in [0.15, 0.2) is 5.82 Å². The summed E-state index contributed by atoms with van der Waals surface area (Å²) >= 11 is 5.87. The SMILES string of the molecule is C[C@@H]1CCC[C@H](N2CCC(c3c(F)ccc(Cl)c3F)=CC2=O)c2cc(cnn2)-c2ccc(NC(=O)O)cc2NC1=O. The van der Waals surface area contributed by atoms with Crippen molar-refractivity contribution in [3.8, 4) is 11.1 Å². The van der Waals surface area contributed by atoms with E-state index in [1.54, 1.807) is 30.0 Å². The number of nitrogens with zero attached hydrogens (tertiary/aromatic N) is 3. The van der Waals surface area contributed by atoms with Crippen molar-refractivity contribution in [1.29, 1.82) is 0 Å². The van der Waals surface area contributed by atoms with Gasteiger partial charge in [-0.25, -0.2) is 13.6 Å². The fourth-order valence-corrected chi connectivity index (χ4v) is 5.40. The van der Waals surface area contributed by atoms with Crippen LogP contribution in [0.1, 0.15) is 49.9 Å². The summed E-state index contributed by atoms with van der Waals surface area (Å²) in [5.41, 5.74) is 2.32. The number of carboxylic acid groups (broad SMARTS) is 1. The van der Waals surface area contributed by atoms with E-state index in [0.29, 0.717) is 41.8 Å². The highest BCUT2D eigenvalue weighted by Gasteiger charge is 2.31. The summed E-state index contributed by atoms with van der Waals surface area (Å²) in [5.74, 6) is -2.73. The van der Waals surface area contributed by atoms with Crippen LogP contribution >= 0.6 is 11.6 Å². The van der Waals surface area contributed by atoms with Crippen molar-refractivity contribution in [3.05, 3.63) is 76.6 Å². The van der Waals surface area contributed by atoms with E-state index < -0.39 is 29.7 Å². The van der Waals surface area contributed by atoms with E-state index in [1.807, 2.05) is 0 Å². The van der Waals surface area contributed by atoms with E-state index in [1.165, 1.54) is 18.3 Å². The van der Waals surface area contributed by atoms with Crippen molar-refractivity contribution in [1.82, 2.24) is 15.1 Å². The average molecular weight is 582 g/mol. The van der Waals surface area contributed by atoms with Crippen LogP contribution in [0.25, 0.3) is 16.7 Å². The third-order valence-corrected chi connectivity index (χ3v) is 7.65. The lowest BCUT2D eigenvalue weighted by Gasteiger charge is -2.34. The molecule has 0 saturated carbocycles. The van der Waals surface area contributed by atoms with Crippen molar-refractivity contribution in [2.75, 3.05) is 17.2 Å². The number of fused-ring (bicyclic) bond motifs is 4. The molecule has 0 unspecified atom stereocenters. The molecule has 212 valence electrons. The van der Waals surface area contributed by atoms with Gasteiger partial charge in [0.1, 0.15) is 5.82 Å². The Morgan fingerprint density at radius 2 is 1.98 bits per heavy atom. The maximum absolute atomic E-state index is 14.7. The fourth-order valence-electron chi connectivity index (χ4n) is 5.24. The molecule has 2 atom stereocenters. The van der Waals surface area contributed by atoms with Crippen LogP contribution in [0, 0.1) is 17.6 Å². The van der Waals surface area contributed by atoms with Crippen LogP contribution in [0.15, 0.2) is 48.7 Å². The lowest BCUT2D eigenvalue weighted by molar-refractivity contribution is -0.129. The van der Waals surface area contributed by atoms with Crippen LogP contribution in [0.2, 0.25) is 5.02 Å². The Labute approximate surface area is 239 Å². The van der Waals surface area contributed by atoms with Crippen molar-refractivity contribution in [2.24, 2.45) is 5.92 Å². The first-order valence-corrected chi connectivity index (χ1v) is 13.4. The normalized spacial score (nSPS) is 19.3. The Kier molecular flexibility index (Phi) is 7.98. The minimum Gasteiger partial charge on any atom is -0.465 e. The van der Waals surface area contributed by atoms with Gasteiger partial charge in [-0.3, -0.25) is 14.9 Å². The highest BCUT2D eigenvalue weighted by molar-refractivity contribution is 6.31. The second kappa shape index (κ2) is 11.6. The monoisotopic (exact) mass is 581 g/mol. The van der Waals surface area contributed by atoms with Crippen LogP contribution in [0.4, 0.5) is 25.0 Å². The van der Waals surface area contributed by atoms with E-state index in [9.17, 15) is 23.2 Å². The van der Waals surface area contributed by atoms with Crippen molar-refractivity contribution < 1.29 is 28.3 Å². The molecule has 0 aliphatic carbocycles. The number of aromatic nitrogens is 2. The second-order valence-corrected chi connectivity index (χ2v) is 10.5. The molecule has 0 saturated heterocycles. The summed E-state index contributed by atoms with van der Waals surface area (Å²) in [5, 5.41) is 22.6. The molecule has 5 rings (SSSR count). The lowest BCUT2D eigenvalue weighted by Crippen LogP contribution is -2.38. The molecule has 0 spiro atoms. The molecule has 2 aliphatic heterocycles. The van der Waals surface area contributed by atoms with Gasteiger partial charge in [0.05, 0.1) is 34.2 Å². The Morgan fingerprint density at radius 3 is 2.73 bits per heavy atom. The quantitative estimate of drug-likeness (QED) is 0.313. The zero-order valence-electron chi connectivity index (χ0n) is 22.0. The number of hydrogen-bond donors (Lipinski definition) is 3. The predicted octanol–water partition coefficient (Wildman–Crippen LogP) is 6.28. The summed E-state index contributed by atoms with van der Waals surface area (Å²) in [4.78, 5) is 39.2. The zero-order valence-corrected chi connectivity index (χ0v) is 22.7. The molecule has 3 N–H and O–H groups in total. The molecule has 2 bridgehead atoms. The Morgan fingerprint density at radius 1 is 1.17 bits per heavy atom. The zero-order chi connectivity index (χ0) is 29.3. The van der Waals surface area contributed by atoms with Gasteiger partial charge in [0.2, 0.25) is 11.8 Å². The van der Waals surface area contributed by atoms with Crippen molar-refractivity contribution >= 4 is 46.5 Å². The van der Waals surface area contributed by atoms with Gasteiger partial charge in [-0.15, -0.1) is 0 Å². The first-order chi connectivity index (χ1) is 19.6. The molecular weight excluding hydrogens is 556 g/mol. The molecule has 1 aromatic heterocycles. The van der Waals surface area contributed by atoms with Gasteiger partial charge in [0, 0.05) is 35.4 Å². The molecule has 3 amide bonds. The topological polar surface area (TPSA) is 125 Å². The van der Waals surface area contributed by atoms with E-state index in [2.05, 4.69) is 20.8 Å². The van der Waals surface area contributed by atoms with Crippen LogP contribution in [0.3, 0.4) is 0 Å². The third-order valence-electron chi connectivity index (χ3n) is 7.36. The summed E-state index contributed by atoms with van der Waals surface area (Å²) in [6.07, 6.45) is 3.29. The van der Waals surface area contributed by atoms with E-state index in [4.69, 9.17) is 16.7 Å². The Balaban J connectivity index is 1.53. The van der Waals surface area contributed by atoms with Crippen molar-refractivity contribution in [2.45, 2.75) is 38.6 Å². The third kappa shape index (κ3) is 5.90. The first-order valence-electron chi connectivity index (χ1n) is 13.0. The standard InChI is InChI=1S/C29H26ClF2N5O4/c1-15-3-2-4-24(37-10-9-16(12-25(37)38)26-21(31)8-7-20(30)27(26)32)23-11-17(14-33-36-23)19-6-5-18(34-29(40)41)13-22(19)35-28(15)39/h5-8,11-15,24,34H,2-4,9-10H2,1H3,(H,35,39)(H,40,41)/t15-,24+/m1/s1. The number of carbonyl (C=O) groups is 3. The van der Waals surface area contributed by atoms with Gasteiger partial charge < -0.3 is 15.3 Å². The van der Waals surface area contributed by atoms with E-state index in [-0.39, 0.29) is 46.6 Å². The maximum Gasteiger partial charge on any atom is 0.409 e. The summed E-state index contributed by atoms with van der Waals surface area (Å²) < 4.78 is 29.2. The largest absolute Gasteiger partial charge is 0.465 e. The average Bonchev–Trinajstić information content (AvgIpc) is 2.93. The number of rotatable bonds is 3.